The zero-order chi connectivity index (χ0) is 15.2. The van der Waals surface area contributed by atoms with Crippen LogP contribution in [0.3, 0.4) is 0 Å². The van der Waals surface area contributed by atoms with Crippen molar-refractivity contribution in [3.8, 4) is 11.8 Å². The van der Waals surface area contributed by atoms with Gasteiger partial charge in [0.15, 0.2) is 0 Å². The highest BCUT2D eigenvalue weighted by molar-refractivity contribution is 7.07. The van der Waals surface area contributed by atoms with Crippen LogP contribution in [0.4, 0.5) is 5.69 Å². The first-order valence-electron chi connectivity index (χ1n) is 7.60. The lowest BCUT2D eigenvalue weighted by atomic mass is 9.86. The third kappa shape index (κ3) is 3.77. The Morgan fingerprint density at radius 3 is 3.09 bits per heavy atom. The fourth-order valence-corrected chi connectivity index (χ4v) is 3.37. The predicted molar refractivity (Wildman–Crippen MR) is 87.9 cm³/mol. The third-order valence-corrected chi connectivity index (χ3v) is 4.60. The number of aromatic nitrogens is 1. The Balaban J connectivity index is 1.64. The highest BCUT2D eigenvalue weighted by Gasteiger charge is 2.22. The molecule has 3 rings (SSSR count). The van der Waals surface area contributed by atoms with Crippen molar-refractivity contribution in [3.05, 3.63) is 40.8 Å². The van der Waals surface area contributed by atoms with Crippen LogP contribution in [0.5, 0.6) is 5.75 Å². The molecule has 0 saturated heterocycles. The smallest absolute Gasteiger partial charge is 0.142 e. The monoisotopic (exact) mass is 313 g/mol. The molecule has 5 heteroatoms. The van der Waals surface area contributed by atoms with Crippen molar-refractivity contribution in [2.24, 2.45) is 5.92 Å². The summed E-state index contributed by atoms with van der Waals surface area (Å²) in [6, 6.07) is 10.7. The van der Waals surface area contributed by atoms with Crippen LogP contribution in [0.25, 0.3) is 0 Å². The number of para-hydroxylation sites is 2. The Labute approximate surface area is 134 Å². The van der Waals surface area contributed by atoms with Gasteiger partial charge in [-0.05, 0) is 31.4 Å². The largest absolute Gasteiger partial charge is 0.485 e. The summed E-state index contributed by atoms with van der Waals surface area (Å²) in [6.45, 7) is 0.480. The van der Waals surface area contributed by atoms with E-state index in [1.54, 1.807) is 11.3 Å². The van der Waals surface area contributed by atoms with Gasteiger partial charge in [0, 0.05) is 17.3 Å². The number of nitriles is 1. The van der Waals surface area contributed by atoms with Gasteiger partial charge in [0.2, 0.25) is 0 Å². The molecule has 114 valence electrons. The van der Waals surface area contributed by atoms with Crippen LogP contribution in [0.2, 0.25) is 0 Å². The van der Waals surface area contributed by atoms with Gasteiger partial charge in [-0.2, -0.15) is 5.26 Å². The van der Waals surface area contributed by atoms with E-state index in [0.29, 0.717) is 12.6 Å². The average molecular weight is 313 g/mol. The Hall–Kier alpha value is -2.06. The van der Waals surface area contributed by atoms with Crippen molar-refractivity contribution in [2.75, 3.05) is 5.32 Å². The Kier molecular flexibility index (Phi) is 4.92. The van der Waals surface area contributed by atoms with E-state index in [9.17, 15) is 0 Å². The molecule has 1 aromatic carbocycles. The van der Waals surface area contributed by atoms with Crippen LogP contribution < -0.4 is 10.1 Å². The highest BCUT2D eigenvalue weighted by atomic mass is 32.1. The number of anilines is 1. The SMILES string of the molecule is N#C[C@H]1CCC[C@@H](Nc2ccccc2OCc2cscn2)C1. The van der Waals surface area contributed by atoms with Crippen molar-refractivity contribution in [1.82, 2.24) is 4.98 Å². The van der Waals surface area contributed by atoms with E-state index in [2.05, 4.69) is 16.4 Å². The highest BCUT2D eigenvalue weighted by Crippen LogP contribution is 2.30. The molecule has 1 saturated carbocycles. The molecule has 1 aliphatic carbocycles. The van der Waals surface area contributed by atoms with E-state index < -0.39 is 0 Å². The van der Waals surface area contributed by atoms with Gasteiger partial charge in [0.05, 0.1) is 23.0 Å². The summed E-state index contributed by atoms with van der Waals surface area (Å²) in [6.07, 6.45) is 4.16. The molecule has 0 aliphatic heterocycles. The molecule has 0 unspecified atom stereocenters. The minimum absolute atomic E-state index is 0.175. The van der Waals surface area contributed by atoms with Gasteiger partial charge in [-0.25, -0.2) is 4.98 Å². The maximum absolute atomic E-state index is 9.11. The second-order valence-corrected chi connectivity index (χ2v) is 6.32. The van der Waals surface area contributed by atoms with E-state index in [1.807, 2.05) is 35.2 Å². The van der Waals surface area contributed by atoms with Crippen molar-refractivity contribution >= 4 is 17.0 Å². The number of benzene rings is 1. The first-order valence-corrected chi connectivity index (χ1v) is 8.54. The summed E-state index contributed by atoms with van der Waals surface area (Å²) >= 11 is 1.57. The first-order chi connectivity index (χ1) is 10.8. The standard InChI is InChI=1S/C17H19N3OS/c18-9-13-4-3-5-14(8-13)20-16-6-1-2-7-17(16)21-10-15-11-22-12-19-15/h1-2,6-7,11-14,20H,3-5,8,10H2/t13-,14+/m0/s1. The van der Waals surface area contributed by atoms with Crippen molar-refractivity contribution < 1.29 is 4.74 Å². The molecular weight excluding hydrogens is 294 g/mol. The normalized spacial score (nSPS) is 21.0. The lowest BCUT2D eigenvalue weighted by molar-refractivity contribution is 0.302. The fraction of sp³-hybridized carbons (Fsp3) is 0.412. The van der Waals surface area contributed by atoms with E-state index in [1.165, 1.54) is 0 Å². The molecule has 1 aromatic heterocycles. The number of rotatable bonds is 5. The molecule has 0 bridgehead atoms. The summed E-state index contributed by atoms with van der Waals surface area (Å²) in [5.74, 6) is 1.02. The topological polar surface area (TPSA) is 57.9 Å². The van der Waals surface area contributed by atoms with Gasteiger partial charge in [0.25, 0.3) is 0 Å². The Bertz CT molecular complexity index is 636. The van der Waals surface area contributed by atoms with Crippen LogP contribution in [-0.2, 0) is 6.61 Å². The van der Waals surface area contributed by atoms with Crippen LogP contribution >= 0.6 is 11.3 Å². The molecule has 0 radical (unpaired) electrons. The maximum Gasteiger partial charge on any atom is 0.142 e. The van der Waals surface area contributed by atoms with Crippen molar-refractivity contribution in [2.45, 2.75) is 38.3 Å². The molecular formula is C17H19N3OS. The molecule has 1 aliphatic rings. The summed E-state index contributed by atoms with van der Waals surface area (Å²) in [5.41, 5.74) is 3.76. The number of thiazole rings is 1. The first kappa shape index (κ1) is 14.9. The zero-order valence-corrected chi connectivity index (χ0v) is 13.2. The van der Waals surface area contributed by atoms with Crippen LogP contribution in [0.1, 0.15) is 31.4 Å². The van der Waals surface area contributed by atoms with Crippen LogP contribution in [0, 0.1) is 17.2 Å². The third-order valence-electron chi connectivity index (χ3n) is 3.96. The number of nitrogens with zero attached hydrogens (tertiary/aromatic N) is 2. The molecule has 0 amide bonds. The average Bonchev–Trinajstić information content (AvgIpc) is 3.08. The molecule has 2 atom stereocenters. The lowest BCUT2D eigenvalue weighted by Crippen LogP contribution is -2.26. The fourth-order valence-electron chi connectivity index (χ4n) is 2.83. The maximum atomic E-state index is 9.11. The zero-order valence-electron chi connectivity index (χ0n) is 12.4. The summed E-state index contributed by atoms with van der Waals surface area (Å²) in [5, 5.41) is 14.7. The van der Waals surface area contributed by atoms with E-state index in [-0.39, 0.29) is 5.92 Å². The van der Waals surface area contributed by atoms with Crippen molar-refractivity contribution in [1.29, 1.82) is 5.26 Å². The Morgan fingerprint density at radius 2 is 2.27 bits per heavy atom. The summed E-state index contributed by atoms with van der Waals surface area (Å²) in [7, 11) is 0. The lowest BCUT2D eigenvalue weighted by Gasteiger charge is -2.27. The van der Waals surface area contributed by atoms with Gasteiger partial charge in [0.1, 0.15) is 12.4 Å². The quantitative estimate of drug-likeness (QED) is 0.898. The number of nitrogens with one attached hydrogen (secondary N) is 1. The van der Waals surface area contributed by atoms with Crippen LogP contribution in [0.15, 0.2) is 35.2 Å². The van der Waals surface area contributed by atoms with E-state index in [4.69, 9.17) is 10.00 Å². The molecule has 4 nitrogen and oxygen atoms in total. The molecule has 0 spiro atoms. The molecule has 1 heterocycles. The van der Waals surface area contributed by atoms with Gasteiger partial charge in [-0.15, -0.1) is 11.3 Å². The van der Waals surface area contributed by atoms with Crippen molar-refractivity contribution in [3.63, 3.8) is 0 Å². The summed E-state index contributed by atoms with van der Waals surface area (Å²) < 4.78 is 5.89. The Morgan fingerprint density at radius 1 is 1.36 bits per heavy atom. The van der Waals surface area contributed by atoms with Gasteiger partial charge in [-0.1, -0.05) is 18.6 Å². The van der Waals surface area contributed by atoms with E-state index in [0.717, 1.165) is 42.8 Å². The van der Waals surface area contributed by atoms with E-state index >= 15 is 0 Å². The number of ether oxygens (including phenoxy) is 1. The molecule has 2 aromatic rings. The molecule has 22 heavy (non-hydrogen) atoms. The van der Waals surface area contributed by atoms with Crippen LogP contribution in [-0.4, -0.2) is 11.0 Å². The van der Waals surface area contributed by atoms with Gasteiger partial charge >= 0.3 is 0 Å². The second kappa shape index (κ2) is 7.28. The predicted octanol–water partition coefficient (Wildman–Crippen LogP) is 4.22. The second-order valence-electron chi connectivity index (χ2n) is 5.60. The number of hydrogen-bond donors (Lipinski definition) is 1. The number of hydrogen-bond acceptors (Lipinski definition) is 5. The minimum Gasteiger partial charge on any atom is -0.485 e. The molecule has 1 fully saturated rings. The molecule has 1 N–H and O–H groups in total. The minimum atomic E-state index is 0.175. The van der Waals surface area contributed by atoms with Gasteiger partial charge < -0.3 is 10.1 Å². The van der Waals surface area contributed by atoms with Gasteiger partial charge in [-0.3, -0.25) is 0 Å². The summed E-state index contributed by atoms with van der Waals surface area (Å²) in [4.78, 5) is 4.23.